The quantitative estimate of drug-likeness (QED) is 0.325. The molecule has 0 radical (unpaired) electrons. The normalized spacial score (nSPS) is 12.0. The second-order valence-corrected chi connectivity index (χ2v) is 9.15. The van der Waals surface area contributed by atoms with Crippen LogP contribution in [0.1, 0.15) is 18.1 Å². The molecule has 0 saturated carbocycles. The topological polar surface area (TPSA) is 76.9 Å². The highest BCUT2D eigenvalue weighted by Crippen LogP contribution is 2.28. The molecule has 1 amide bonds. The summed E-state index contributed by atoms with van der Waals surface area (Å²) in [6.45, 7) is 5.69. The second kappa shape index (κ2) is 9.14. The van der Waals surface area contributed by atoms with Gasteiger partial charge in [0.05, 0.1) is 26.9 Å². The van der Waals surface area contributed by atoms with Crippen molar-refractivity contribution in [2.45, 2.75) is 31.2 Å². The van der Waals surface area contributed by atoms with Crippen molar-refractivity contribution < 1.29 is 4.79 Å². The lowest BCUT2D eigenvalue weighted by Gasteiger charge is -2.19. The minimum absolute atomic E-state index is 0.164. The highest BCUT2D eigenvalue weighted by atomic mass is 35.5. The molecule has 2 heterocycles. The Bertz CT molecular complexity index is 1350. The maximum atomic E-state index is 13.5. The lowest BCUT2D eigenvalue weighted by molar-refractivity contribution is -0.115. The van der Waals surface area contributed by atoms with Crippen LogP contribution in [0.15, 0.2) is 70.7 Å². The minimum atomic E-state index is -0.531. The third-order valence-electron chi connectivity index (χ3n) is 5.04. The summed E-state index contributed by atoms with van der Waals surface area (Å²) in [4.78, 5) is 35.2. The van der Waals surface area contributed by atoms with E-state index in [1.54, 1.807) is 35.8 Å². The number of aryl methyl sites for hydroxylation is 2. The number of fused-ring (bicyclic) bond motifs is 1. The zero-order valence-corrected chi connectivity index (χ0v) is 19.4. The average Bonchev–Trinajstić information content (AvgIpc) is 2.77. The molecule has 0 fully saturated rings. The van der Waals surface area contributed by atoms with Crippen LogP contribution in [-0.4, -0.2) is 25.7 Å². The van der Waals surface area contributed by atoms with E-state index >= 15 is 0 Å². The largest absolute Gasteiger partial charge is 0.310 e. The number of pyridine rings is 1. The van der Waals surface area contributed by atoms with E-state index in [1.165, 1.54) is 18.0 Å². The molecule has 4 aromatic rings. The number of benzene rings is 2. The van der Waals surface area contributed by atoms with Gasteiger partial charge in [0, 0.05) is 6.20 Å². The molecule has 2 aromatic carbocycles. The van der Waals surface area contributed by atoms with Gasteiger partial charge in [-0.1, -0.05) is 53.7 Å². The van der Waals surface area contributed by atoms with Crippen LogP contribution < -0.4 is 10.9 Å². The van der Waals surface area contributed by atoms with Crippen LogP contribution in [0.25, 0.3) is 16.6 Å². The highest BCUT2D eigenvalue weighted by molar-refractivity contribution is 8.00. The Morgan fingerprint density at radius 2 is 1.78 bits per heavy atom. The number of carbonyl (C=O) groups excluding carboxylic acids is 1. The molecule has 0 spiro atoms. The SMILES string of the molecule is Cc1cccc(C)c1-n1c(SC(C)C(=O)Nc2ccc(Cl)cn2)nc2ccccc2c1=O. The molecule has 0 saturated heterocycles. The summed E-state index contributed by atoms with van der Waals surface area (Å²) < 4.78 is 1.61. The van der Waals surface area contributed by atoms with Crippen molar-refractivity contribution in [3.63, 3.8) is 0 Å². The summed E-state index contributed by atoms with van der Waals surface area (Å²) in [5.74, 6) is 0.158. The number of amides is 1. The van der Waals surface area contributed by atoms with Crippen LogP contribution in [0.4, 0.5) is 5.82 Å². The van der Waals surface area contributed by atoms with E-state index < -0.39 is 5.25 Å². The Hall–Kier alpha value is -3.16. The fourth-order valence-electron chi connectivity index (χ4n) is 3.44. The van der Waals surface area contributed by atoms with Gasteiger partial charge < -0.3 is 5.32 Å². The van der Waals surface area contributed by atoms with Gasteiger partial charge in [-0.15, -0.1) is 0 Å². The van der Waals surface area contributed by atoms with E-state index in [0.717, 1.165) is 16.8 Å². The molecule has 0 aliphatic rings. The lowest BCUT2D eigenvalue weighted by atomic mass is 10.1. The van der Waals surface area contributed by atoms with E-state index in [2.05, 4.69) is 10.3 Å². The van der Waals surface area contributed by atoms with Crippen molar-refractivity contribution in [3.8, 4) is 5.69 Å². The second-order valence-electron chi connectivity index (χ2n) is 7.40. The van der Waals surface area contributed by atoms with E-state index in [1.807, 2.05) is 44.2 Å². The van der Waals surface area contributed by atoms with Crippen molar-refractivity contribution in [3.05, 3.63) is 87.3 Å². The van der Waals surface area contributed by atoms with Crippen molar-refractivity contribution in [2.75, 3.05) is 5.32 Å². The van der Waals surface area contributed by atoms with Crippen LogP contribution in [0, 0.1) is 13.8 Å². The predicted molar refractivity (Wildman–Crippen MR) is 130 cm³/mol. The summed E-state index contributed by atoms with van der Waals surface area (Å²) in [5.41, 5.74) is 3.11. The summed E-state index contributed by atoms with van der Waals surface area (Å²) >= 11 is 7.09. The first kappa shape index (κ1) is 22.0. The number of anilines is 1. The van der Waals surface area contributed by atoms with Crippen molar-refractivity contribution >= 4 is 46.0 Å². The molecule has 6 nitrogen and oxygen atoms in total. The summed E-state index contributed by atoms with van der Waals surface area (Å²) in [7, 11) is 0. The maximum Gasteiger partial charge on any atom is 0.266 e. The van der Waals surface area contributed by atoms with Gasteiger partial charge in [0.15, 0.2) is 5.16 Å². The molecule has 162 valence electrons. The number of para-hydroxylation sites is 2. The summed E-state index contributed by atoms with van der Waals surface area (Å²) in [6.07, 6.45) is 1.47. The van der Waals surface area contributed by atoms with Crippen LogP contribution >= 0.6 is 23.4 Å². The van der Waals surface area contributed by atoms with Gasteiger partial charge >= 0.3 is 0 Å². The number of hydrogen-bond donors (Lipinski definition) is 1. The smallest absolute Gasteiger partial charge is 0.266 e. The van der Waals surface area contributed by atoms with Gasteiger partial charge in [-0.05, 0) is 56.2 Å². The third kappa shape index (κ3) is 4.40. The van der Waals surface area contributed by atoms with Crippen LogP contribution in [0.2, 0.25) is 5.02 Å². The average molecular weight is 465 g/mol. The third-order valence-corrected chi connectivity index (χ3v) is 6.31. The van der Waals surface area contributed by atoms with Gasteiger partial charge in [0.2, 0.25) is 5.91 Å². The fraction of sp³-hybridized carbons (Fsp3) is 0.167. The Kier molecular flexibility index (Phi) is 6.30. The molecule has 4 rings (SSSR count). The van der Waals surface area contributed by atoms with Crippen LogP contribution in [0.5, 0.6) is 0 Å². The Labute approximate surface area is 194 Å². The molecule has 0 aliphatic carbocycles. The monoisotopic (exact) mass is 464 g/mol. The molecule has 0 bridgehead atoms. The number of halogens is 1. The van der Waals surface area contributed by atoms with Crippen LogP contribution in [0.3, 0.4) is 0 Å². The van der Waals surface area contributed by atoms with E-state index in [-0.39, 0.29) is 11.5 Å². The minimum Gasteiger partial charge on any atom is -0.310 e. The highest BCUT2D eigenvalue weighted by Gasteiger charge is 2.22. The first-order valence-electron chi connectivity index (χ1n) is 10.0. The van der Waals surface area contributed by atoms with Gasteiger partial charge in [-0.3, -0.25) is 14.2 Å². The molecule has 1 unspecified atom stereocenters. The molecule has 8 heteroatoms. The number of hydrogen-bond acceptors (Lipinski definition) is 5. The van der Waals surface area contributed by atoms with Gasteiger partial charge in [-0.2, -0.15) is 0 Å². The first-order chi connectivity index (χ1) is 15.3. The summed E-state index contributed by atoms with van der Waals surface area (Å²) in [6, 6.07) is 16.4. The summed E-state index contributed by atoms with van der Waals surface area (Å²) in [5, 5.41) is 3.72. The van der Waals surface area contributed by atoms with Crippen molar-refractivity contribution in [1.29, 1.82) is 0 Å². The number of nitrogens with one attached hydrogen (secondary N) is 1. The molecule has 0 aliphatic heterocycles. The van der Waals surface area contributed by atoms with Crippen molar-refractivity contribution in [2.24, 2.45) is 0 Å². The lowest BCUT2D eigenvalue weighted by Crippen LogP contribution is -2.27. The van der Waals surface area contributed by atoms with Crippen LogP contribution in [-0.2, 0) is 4.79 Å². The molecular weight excluding hydrogens is 444 g/mol. The van der Waals surface area contributed by atoms with Crippen molar-refractivity contribution in [1.82, 2.24) is 14.5 Å². The van der Waals surface area contributed by atoms with Gasteiger partial charge in [0.1, 0.15) is 5.82 Å². The number of nitrogens with zero attached hydrogens (tertiary/aromatic N) is 3. The number of aromatic nitrogens is 3. The molecule has 2 aromatic heterocycles. The molecule has 32 heavy (non-hydrogen) atoms. The number of thioether (sulfide) groups is 1. The van der Waals surface area contributed by atoms with Gasteiger partial charge in [0.25, 0.3) is 5.56 Å². The zero-order valence-electron chi connectivity index (χ0n) is 17.8. The van der Waals surface area contributed by atoms with Gasteiger partial charge in [-0.25, -0.2) is 9.97 Å². The standard InChI is InChI=1S/C24H21ClN4O2S/c1-14-7-6-8-15(2)21(14)29-23(31)18-9-4-5-10-19(18)27-24(29)32-16(3)22(30)28-20-12-11-17(25)13-26-20/h4-13,16H,1-3H3,(H,26,28,30). The maximum absolute atomic E-state index is 13.5. The van der Waals surface area contributed by atoms with E-state index in [4.69, 9.17) is 16.6 Å². The molecule has 1 N–H and O–H groups in total. The number of rotatable bonds is 5. The zero-order chi connectivity index (χ0) is 22.8. The Balaban J connectivity index is 1.76. The number of carbonyl (C=O) groups is 1. The first-order valence-corrected chi connectivity index (χ1v) is 11.3. The van der Waals surface area contributed by atoms with E-state index in [9.17, 15) is 9.59 Å². The molecule has 1 atom stereocenters. The van der Waals surface area contributed by atoms with E-state index in [0.29, 0.717) is 26.9 Å². The Morgan fingerprint density at radius 1 is 1.06 bits per heavy atom. The fourth-order valence-corrected chi connectivity index (χ4v) is 4.46. The predicted octanol–water partition coefficient (Wildman–Crippen LogP) is 5.17. The molecular formula is C24H21ClN4O2S. The Morgan fingerprint density at radius 3 is 2.47 bits per heavy atom.